The standard InChI is InChI=1S/C26H33N7O3.C2HF3O2/c1-4-35-22-17-19(10-13-21(22)36-16-15-33(2)3)24(26(34)32-31-23-7-5-6-14-29-23)30-20-11-8-18(9-12-20)25(27)28;3-2(4,5)1(6)7/h5-14,17,24,30H,4,15-16H2,1-3H3,(H3,27,28)(H,29,31)(H,32,34);(H,6,7). The molecule has 1 heterocycles. The van der Waals surface area contributed by atoms with Crippen LogP contribution in [0.25, 0.3) is 0 Å². The summed E-state index contributed by atoms with van der Waals surface area (Å²) >= 11 is 0. The molecule has 0 saturated carbocycles. The summed E-state index contributed by atoms with van der Waals surface area (Å²) in [6.45, 7) is 3.61. The highest BCUT2D eigenvalue weighted by molar-refractivity contribution is 5.95. The van der Waals surface area contributed by atoms with E-state index in [9.17, 15) is 18.0 Å². The minimum atomic E-state index is -5.08. The fraction of sp³-hybridized carbons (Fsp3) is 0.286. The molecule has 0 aliphatic heterocycles. The van der Waals surface area contributed by atoms with Crippen LogP contribution in [0.4, 0.5) is 24.7 Å². The fourth-order valence-corrected chi connectivity index (χ4v) is 3.28. The molecular weight excluding hydrogens is 571 g/mol. The van der Waals surface area contributed by atoms with Crippen LogP contribution in [0.1, 0.15) is 24.1 Å². The first-order valence-corrected chi connectivity index (χ1v) is 12.8. The maximum absolute atomic E-state index is 13.3. The van der Waals surface area contributed by atoms with Gasteiger partial charge in [-0.3, -0.25) is 21.1 Å². The molecule has 0 radical (unpaired) electrons. The SMILES string of the molecule is CCOc1cc(C(Nc2ccc(C(=N)N)cc2)C(=O)NNc2ccccn2)ccc1OCCN(C)C.O=C(O)C(F)(F)F. The van der Waals surface area contributed by atoms with E-state index in [1.807, 2.05) is 44.1 Å². The van der Waals surface area contributed by atoms with E-state index < -0.39 is 18.2 Å². The van der Waals surface area contributed by atoms with Gasteiger partial charge in [-0.2, -0.15) is 13.2 Å². The first-order valence-electron chi connectivity index (χ1n) is 12.8. The molecule has 0 aliphatic carbocycles. The van der Waals surface area contributed by atoms with Crippen molar-refractivity contribution in [3.63, 3.8) is 0 Å². The second kappa shape index (κ2) is 16.4. The molecule has 12 nitrogen and oxygen atoms in total. The summed E-state index contributed by atoms with van der Waals surface area (Å²) in [6.07, 6.45) is -3.45. The molecule has 1 atom stereocenters. The van der Waals surface area contributed by atoms with Crippen LogP contribution in [0, 0.1) is 5.41 Å². The predicted octanol–water partition coefficient (Wildman–Crippen LogP) is 3.63. The van der Waals surface area contributed by atoms with E-state index in [-0.39, 0.29) is 11.7 Å². The number of carbonyl (C=O) groups is 2. The topological polar surface area (TPSA) is 175 Å². The molecule has 3 rings (SSSR count). The number of halogens is 3. The molecule has 1 aromatic heterocycles. The number of alkyl halides is 3. The minimum absolute atomic E-state index is 0.0263. The molecule has 0 aliphatic rings. The second-order valence-electron chi connectivity index (χ2n) is 8.99. The van der Waals surface area contributed by atoms with Gasteiger partial charge in [0.1, 0.15) is 24.3 Å². The Labute approximate surface area is 246 Å². The van der Waals surface area contributed by atoms with Gasteiger partial charge in [0.05, 0.1) is 6.61 Å². The molecule has 0 saturated heterocycles. The number of nitrogens with one attached hydrogen (secondary N) is 4. The molecular formula is C28H34F3N7O5. The van der Waals surface area contributed by atoms with Gasteiger partial charge in [-0.15, -0.1) is 0 Å². The van der Waals surface area contributed by atoms with E-state index >= 15 is 0 Å². The lowest BCUT2D eigenvalue weighted by molar-refractivity contribution is -0.192. The number of nitrogen functional groups attached to an aromatic ring is 1. The van der Waals surface area contributed by atoms with Crippen molar-refractivity contribution >= 4 is 29.2 Å². The van der Waals surface area contributed by atoms with Crippen LogP contribution in [0.15, 0.2) is 66.9 Å². The molecule has 1 unspecified atom stereocenters. The fourth-order valence-electron chi connectivity index (χ4n) is 3.28. The number of hydrogen-bond acceptors (Lipinski definition) is 9. The Balaban J connectivity index is 0.000000821. The Kier molecular flexibility index (Phi) is 13.0. The summed E-state index contributed by atoms with van der Waals surface area (Å²) in [5.74, 6) is -1.44. The molecule has 7 N–H and O–H groups in total. The van der Waals surface area contributed by atoms with E-state index in [1.54, 1.807) is 48.7 Å². The lowest BCUT2D eigenvalue weighted by Gasteiger charge is -2.22. The van der Waals surface area contributed by atoms with E-state index in [4.69, 9.17) is 30.5 Å². The minimum Gasteiger partial charge on any atom is -0.490 e. The van der Waals surface area contributed by atoms with Gasteiger partial charge in [-0.25, -0.2) is 9.78 Å². The van der Waals surface area contributed by atoms with Crippen LogP contribution < -0.4 is 31.4 Å². The number of likely N-dealkylation sites (N-methyl/N-ethyl adjacent to an activating group) is 1. The van der Waals surface area contributed by atoms with Gasteiger partial charge in [-0.1, -0.05) is 12.1 Å². The van der Waals surface area contributed by atoms with Crippen molar-refractivity contribution in [2.45, 2.75) is 19.1 Å². The van der Waals surface area contributed by atoms with Crippen LogP contribution in [0.2, 0.25) is 0 Å². The normalized spacial score (nSPS) is 11.4. The number of rotatable bonds is 13. The van der Waals surface area contributed by atoms with E-state index in [1.165, 1.54) is 0 Å². The number of pyridine rings is 1. The van der Waals surface area contributed by atoms with Crippen molar-refractivity contribution in [3.05, 3.63) is 78.0 Å². The molecule has 0 fully saturated rings. The van der Waals surface area contributed by atoms with Crippen LogP contribution in [0.5, 0.6) is 11.5 Å². The number of carboxylic acids is 1. The highest BCUT2D eigenvalue weighted by Crippen LogP contribution is 2.32. The summed E-state index contributed by atoms with van der Waals surface area (Å²) in [5, 5.41) is 18.0. The third kappa shape index (κ3) is 11.8. The number of aliphatic carboxylic acids is 1. The van der Waals surface area contributed by atoms with Crippen LogP contribution in [-0.2, 0) is 9.59 Å². The zero-order valence-corrected chi connectivity index (χ0v) is 23.7. The molecule has 3 aromatic rings. The number of amidine groups is 1. The quantitative estimate of drug-likeness (QED) is 0.0959. The largest absolute Gasteiger partial charge is 0.490 e. The molecule has 2 aromatic carbocycles. The van der Waals surface area contributed by atoms with Gasteiger partial charge in [0, 0.05) is 24.0 Å². The van der Waals surface area contributed by atoms with Gasteiger partial charge in [0.15, 0.2) is 11.5 Å². The van der Waals surface area contributed by atoms with Crippen molar-refractivity contribution in [3.8, 4) is 11.5 Å². The molecule has 1 amide bonds. The molecule has 0 bridgehead atoms. The van der Waals surface area contributed by atoms with E-state index in [0.717, 1.165) is 6.54 Å². The number of hydrazine groups is 1. The van der Waals surface area contributed by atoms with Gasteiger partial charge < -0.3 is 30.5 Å². The average molecular weight is 606 g/mol. The van der Waals surface area contributed by atoms with Crippen molar-refractivity contribution < 1.29 is 37.3 Å². The van der Waals surface area contributed by atoms with Gasteiger partial charge in [0.25, 0.3) is 5.91 Å². The molecule has 0 spiro atoms. The van der Waals surface area contributed by atoms with Crippen LogP contribution in [-0.4, -0.2) is 72.7 Å². The third-order valence-corrected chi connectivity index (χ3v) is 5.39. The Morgan fingerprint density at radius 3 is 2.28 bits per heavy atom. The summed E-state index contributed by atoms with van der Waals surface area (Å²) < 4.78 is 43.5. The number of ether oxygens (including phenoxy) is 2. The number of hydrogen-bond donors (Lipinski definition) is 6. The van der Waals surface area contributed by atoms with Crippen molar-refractivity contribution in [1.82, 2.24) is 15.3 Å². The number of aromatic nitrogens is 1. The van der Waals surface area contributed by atoms with E-state index in [2.05, 4.69) is 21.2 Å². The number of carboxylic acid groups (broad SMARTS) is 1. The maximum atomic E-state index is 13.3. The lowest BCUT2D eigenvalue weighted by Crippen LogP contribution is -2.37. The smallest absolute Gasteiger partial charge is 0.490 e. The summed E-state index contributed by atoms with van der Waals surface area (Å²) in [7, 11) is 3.96. The van der Waals surface area contributed by atoms with Crippen molar-refractivity contribution in [1.29, 1.82) is 5.41 Å². The molecule has 43 heavy (non-hydrogen) atoms. The number of anilines is 2. The van der Waals surface area contributed by atoms with Crippen molar-refractivity contribution in [2.75, 3.05) is 44.6 Å². The Bertz CT molecular complexity index is 1340. The van der Waals surface area contributed by atoms with Crippen LogP contribution in [0.3, 0.4) is 0 Å². The summed E-state index contributed by atoms with van der Waals surface area (Å²) in [4.78, 5) is 28.4. The second-order valence-corrected chi connectivity index (χ2v) is 8.99. The highest BCUT2D eigenvalue weighted by atomic mass is 19.4. The van der Waals surface area contributed by atoms with E-state index in [0.29, 0.717) is 47.3 Å². The summed E-state index contributed by atoms with van der Waals surface area (Å²) in [5.41, 5.74) is 13.1. The zero-order valence-electron chi connectivity index (χ0n) is 23.7. The number of nitrogens with two attached hydrogens (primary N) is 1. The first kappa shape index (κ1) is 34.2. The average Bonchev–Trinajstić information content (AvgIpc) is 2.96. The number of amides is 1. The van der Waals surface area contributed by atoms with Crippen LogP contribution >= 0.6 is 0 Å². The lowest BCUT2D eigenvalue weighted by atomic mass is 10.0. The number of carbonyl (C=O) groups excluding carboxylic acids is 1. The van der Waals surface area contributed by atoms with Gasteiger partial charge in [0.2, 0.25) is 0 Å². The molecule has 15 heteroatoms. The van der Waals surface area contributed by atoms with Gasteiger partial charge >= 0.3 is 12.1 Å². The monoisotopic (exact) mass is 605 g/mol. The first-order chi connectivity index (χ1) is 20.3. The molecule has 232 valence electrons. The number of benzene rings is 2. The number of nitrogens with zero attached hydrogens (tertiary/aromatic N) is 2. The predicted molar refractivity (Wildman–Crippen MR) is 155 cm³/mol. The third-order valence-electron chi connectivity index (χ3n) is 5.39. The Morgan fingerprint density at radius 1 is 1.07 bits per heavy atom. The van der Waals surface area contributed by atoms with Crippen molar-refractivity contribution in [2.24, 2.45) is 5.73 Å². The maximum Gasteiger partial charge on any atom is 0.490 e. The Hall–Kier alpha value is -5.05. The summed E-state index contributed by atoms with van der Waals surface area (Å²) in [6, 6.07) is 17.0. The van der Waals surface area contributed by atoms with Gasteiger partial charge in [-0.05, 0) is 75.1 Å². The Morgan fingerprint density at radius 2 is 1.74 bits per heavy atom. The zero-order chi connectivity index (χ0) is 32.0. The highest BCUT2D eigenvalue weighted by Gasteiger charge is 2.38.